The number of hydrogen-bond donors (Lipinski definition) is 2. The summed E-state index contributed by atoms with van der Waals surface area (Å²) in [7, 11) is 2.20. The Labute approximate surface area is 119 Å². The van der Waals surface area contributed by atoms with E-state index in [1.165, 1.54) is 32.5 Å². The molecule has 4 nitrogen and oxygen atoms in total. The molecule has 0 bridgehead atoms. The predicted molar refractivity (Wildman–Crippen MR) is 81.5 cm³/mol. The van der Waals surface area contributed by atoms with Gasteiger partial charge in [0.2, 0.25) is 0 Å². The Morgan fingerprint density at radius 1 is 1.37 bits per heavy atom. The number of rotatable bonds is 7. The third-order valence-electron chi connectivity index (χ3n) is 4.21. The van der Waals surface area contributed by atoms with E-state index in [0.29, 0.717) is 12.1 Å². The largest absolute Gasteiger partial charge is 0.394 e. The molecule has 114 valence electrons. The minimum Gasteiger partial charge on any atom is -0.394 e. The zero-order valence-corrected chi connectivity index (χ0v) is 13.4. The van der Waals surface area contributed by atoms with Gasteiger partial charge in [0.05, 0.1) is 12.1 Å². The molecule has 0 spiro atoms. The van der Waals surface area contributed by atoms with E-state index in [1.54, 1.807) is 0 Å². The lowest BCUT2D eigenvalue weighted by Crippen LogP contribution is -2.57. The smallest absolute Gasteiger partial charge is 0.0623 e. The van der Waals surface area contributed by atoms with Gasteiger partial charge in [0, 0.05) is 18.6 Å². The van der Waals surface area contributed by atoms with Crippen LogP contribution in [0, 0.1) is 0 Å². The van der Waals surface area contributed by atoms with Crippen LogP contribution in [0.4, 0.5) is 0 Å². The molecule has 19 heavy (non-hydrogen) atoms. The lowest BCUT2D eigenvalue weighted by Gasteiger charge is -2.41. The highest BCUT2D eigenvalue weighted by Gasteiger charge is 2.29. The van der Waals surface area contributed by atoms with Crippen molar-refractivity contribution in [1.29, 1.82) is 0 Å². The molecule has 0 aliphatic carbocycles. The predicted octanol–water partition coefficient (Wildman–Crippen LogP) is 1.15. The molecular weight excluding hydrogens is 238 g/mol. The van der Waals surface area contributed by atoms with Gasteiger partial charge in [0.1, 0.15) is 0 Å². The summed E-state index contributed by atoms with van der Waals surface area (Å²) in [4.78, 5) is 4.94. The number of nitrogens with zero attached hydrogens (tertiary/aromatic N) is 2. The monoisotopic (exact) mass is 271 g/mol. The van der Waals surface area contributed by atoms with E-state index in [-0.39, 0.29) is 12.1 Å². The SMILES string of the molecule is CCN1CCC(N(C)CC(C)(CO)NC(C)C)CC1. The zero-order valence-electron chi connectivity index (χ0n) is 13.4. The van der Waals surface area contributed by atoms with Crippen LogP contribution in [-0.4, -0.2) is 72.4 Å². The Kier molecular flexibility index (Phi) is 6.74. The van der Waals surface area contributed by atoms with Crippen LogP contribution in [0.15, 0.2) is 0 Å². The summed E-state index contributed by atoms with van der Waals surface area (Å²) in [5.74, 6) is 0. The fraction of sp³-hybridized carbons (Fsp3) is 1.00. The van der Waals surface area contributed by atoms with Crippen molar-refractivity contribution in [3.8, 4) is 0 Å². The van der Waals surface area contributed by atoms with E-state index in [4.69, 9.17) is 0 Å². The highest BCUT2D eigenvalue weighted by atomic mass is 16.3. The number of hydrogen-bond acceptors (Lipinski definition) is 4. The van der Waals surface area contributed by atoms with Crippen LogP contribution in [0.25, 0.3) is 0 Å². The van der Waals surface area contributed by atoms with Crippen molar-refractivity contribution in [1.82, 2.24) is 15.1 Å². The van der Waals surface area contributed by atoms with Gasteiger partial charge in [-0.3, -0.25) is 0 Å². The Hall–Kier alpha value is -0.160. The molecule has 0 aromatic carbocycles. The lowest BCUT2D eigenvalue weighted by atomic mass is 9.98. The third kappa shape index (κ3) is 5.38. The molecule has 1 fully saturated rings. The van der Waals surface area contributed by atoms with Gasteiger partial charge < -0.3 is 20.2 Å². The van der Waals surface area contributed by atoms with Crippen LogP contribution in [-0.2, 0) is 0 Å². The molecule has 1 rings (SSSR count). The number of aliphatic hydroxyl groups excluding tert-OH is 1. The summed E-state index contributed by atoms with van der Waals surface area (Å²) in [5, 5.41) is 13.2. The van der Waals surface area contributed by atoms with Crippen molar-refractivity contribution in [3.05, 3.63) is 0 Å². The van der Waals surface area contributed by atoms with Crippen molar-refractivity contribution in [2.75, 3.05) is 39.8 Å². The number of likely N-dealkylation sites (N-methyl/N-ethyl adjacent to an activating group) is 1. The summed E-state index contributed by atoms with van der Waals surface area (Å²) < 4.78 is 0. The van der Waals surface area contributed by atoms with Crippen LogP contribution >= 0.6 is 0 Å². The van der Waals surface area contributed by atoms with Crippen LogP contribution in [0.3, 0.4) is 0 Å². The normalized spacial score (nSPS) is 22.1. The molecule has 1 aliphatic heterocycles. The van der Waals surface area contributed by atoms with Crippen LogP contribution < -0.4 is 5.32 Å². The average molecular weight is 271 g/mol. The van der Waals surface area contributed by atoms with Crippen molar-refractivity contribution in [2.24, 2.45) is 0 Å². The highest BCUT2D eigenvalue weighted by Crippen LogP contribution is 2.17. The first-order valence-electron chi connectivity index (χ1n) is 7.71. The molecule has 1 aliphatic rings. The van der Waals surface area contributed by atoms with E-state index in [1.807, 2.05) is 0 Å². The lowest BCUT2D eigenvalue weighted by molar-refractivity contribution is 0.0770. The van der Waals surface area contributed by atoms with Crippen LogP contribution in [0.1, 0.15) is 40.5 Å². The molecule has 1 saturated heterocycles. The Bertz CT molecular complexity index is 252. The molecule has 1 heterocycles. The first kappa shape index (κ1) is 16.9. The minimum atomic E-state index is -0.204. The van der Waals surface area contributed by atoms with Gasteiger partial charge in [-0.25, -0.2) is 0 Å². The van der Waals surface area contributed by atoms with Gasteiger partial charge in [-0.05, 0) is 46.4 Å². The topological polar surface area (TPSA) is 38.7 Å². The first-order valence-corrected chi connectivity index (χ1v) is 7.71. The number of nitrogens with one attached hydrogen (secondary N) is 1. The summed E-state index contributed by atoms with van der Waals surface area (Å²) >= 11 is 0. The molecule has 0 saturated carbocycles. The van der Waals surface area contributed by atoms with E-state index in [9.17, 15) is 5.11 Å². The molecular formula is C15H33N3O. The summed E-state index contributed by atoms with van der Waals surface area (Å²) in [6, 6.07) is 1.05. The van der Waals surface area contributed by atoms with Gasteiger partial charge in [0.25, 0.3) is 0 Å². The van der Waals surface area contributed by atoms with Crippen molar-refractivity contribution in [3.63, 3.8) is 0 Å². The van der Waals surface area contributed by atoms with Crippen LogP contribution in [0.2, 0.25) is 0 Å². The summed E-state index contributed by atoms with van der Waals surface area (Å²) in [6.45, 7) is 13.3. The Morgan fingerprint density at radius 3 is 2.37 bits per heavy atom. The fourth-order valence-corrected chi connectivity index (χ4v) is 3.19. The standard InChI is InChI=1S/C15H33N3O/c1-6-18-9-7-14(8-10-18)17(5)11-15(4,12-19)16-13(2)3/h13-14,16,19H,6-12H2,1-5H3. The molecule has 0 radical (unpaired) electrons. The van der Waals surface area contributed by atoms with Gasteiger partial charge >= 0.3 is 0 Å². The van der Waals surface area contributed by atoms with E-state index in [0.717, 1.165) is 6.54 Å². The molecule has 1 atom stereocenters. The summed E-state index contributed by atoms with van der Waals surface area (Å²) in [5.41, 5.74) is -0.204. The summed E-state index contributed by atoms with van der Waals surface area (Å²) in [6.07, 6.45) is 2.49. The van der Waals surface area contributed by atoms with E-state index >= 15 is 0 Å². The maximum atomic E-state index is 9.66. The van der Waals surface area contributed by atoms with Crippen molar-refractivity contribution >= 4 is 0 Å². The van der Waals surface area contributed by atoms with Gasteiger partial charge in [-0.1, -0.05) is 20.8 Å². The maximum Gasteiger partial charge on any atom is 0.0623 e. The highest BCUT2D eigenvalue weighted by molar-refractivity contribution is 4.89. The number of piperidine rings is 1. The molecule has 2 N–H and O–H groups in total. The molecule has 1 unspecified atom stereocenters. The quantitative estimate of drug-likeness (QED) is 0.729. The molecule has 0 aromatic rings. The molecule has 0 aromatic heterocycles. The molecule has 0 amide bonds. The second-order valence-electron chi connectivity index (χ2n) is 6.60. The van der Waals surface area contributed by atoms with Gasteiger partial charge in [0.15, 0.2) is 0 Å². The second kappa shape index (κ2) is 7.58. The van der Waals surface area contributed by atoms with Crippen molar-refractivity contribution < 1.29 is 5.11 Å². The van der Waals surface area contributed by atoms with Crippen molar-refractivity contribution in [2.45, 2.75) is 58.2 Å². The third-order valence-corrected chi connectivity index (χ3v) is 4.21. The van der Waals surface area contributed by atoms with Gasteiger partial charge in [-0.15, -0.1) is 0 Å². The average Bonchev–Trinajstić information content (AvgIpc) is 2.37. The number of likely N-dealkylation sites (tertiary alicyclic amines) is 1. The van der Waals surface area contributed by atoms with Gasteiger partial charge in [-0.2, -0.15) is 0 Å². The second-order valence-corrected chi connectivity index (χ2v) is 6.60. The van der Waals surface area contributed by atoms with E-state index in [2.05, 4.69) is 49.9 Å². The minimum absolute atomic E-state index is 0.184. The van der Waals surface area contributed by atoms with Crippen LogP contribution in [0.5, 0.6) is 0 Å². The first-order chi connectivity index (χ1) is 8.90. The Morgan fingerprint density at radius 2 is 1.95 bits per heavy atom. The zero-order chi connectivity index (χ0) is 14.5. The maximum absolute atomic E-state index is 9.66. The van der Waals surface area contributed by atoms with E-state index < -0.39 is 0 Å². The molecule has 4 heteroatoms. The fourth-order valence-electron chi connectivity index (χ4n) is 3.19. The Balaban J connectivity index is 2.46. The number of aliphatic hydroxyl groups is 1.